The molecule has 0 spiro atoms. The molecule has 6 nitrogen and oxygen atoms in total. The third-order valence-corrected chi connectivity index (χ3v) is 1.93. The predicted octanol–water partition coefficient (Wildman–Crippen LogP) is 0.180. The molecule has 0 amide bonds. The number of aliphatic carboxylic acids is 1. The highest BCUT2D eigenvalue weighted by atomic mass is 35.5. The molecule has 0 saturated carbocycles. The van der Waals surface area contributed by atoms with Crippen molar-refractivity contribution in [1.29, 1.82) is 0 Å². The van der Waals surface area contributed by atoms with Crippen molar-refractivity contribution in [2.75, 3.05) is 0 Å². The van der Waals surface area contributed by atoms with Crippen molar-refractivity contribution < 1.29 is 25.2 Å². The maximum atomic E-state index is 10.5. The van der Waals surface area contributed by atoms with Gasteiger partial charge in [-0.1, -0.05) is 0 Å². The Morgan fingerprint density at radius 2 is 1.69 bits per heavy atom. The van der Waals surface area contributed by atoms with Crippen LogP contribution in [0.5, 0.6) is 17.2 Å². The van der Waals surface area contributed by atoms with Gasteiger partial charge in [0.15, 0.2) is 0 Å². The molecular formula is C9H12ClNO5. The molecule has 1 rings (SSSR count). The van der Waals surface area contributed by atoms with Crippen molar-refractivity contribution in [3.63, 3.8) is 0 Å². The van der Waals surface area contributed by atoms with Gasteiger partial charge in [0.05, 0.1) is 0 Å². The van der Waals surface area contributed by atoms with Crippen LogP contribution in [-0.4, -0.2) is 32.4 Å². The Kier molecular flexibility index (Phi) is 4.87. The van der Waals surface area contributed by atoms with Gasteiger partial charge in [0.25, 0.3) is 0 Å². The second-order valence-electron chi connectivity index (χ2n) is 3.11. The third kappa shape index (κ3) is 3.18. The number of aromatic hydroxyl groups is 3. The zero-order chi connectivity index (χ0) is 11.6. The average Bonchev–Trinajstić information content (AvgIpc) is 2.10. The van der Waals surface area contributed by atoms with Crippen LogP contribution in [-0.2, 0) is 11.2 Å². The van der Waals surface area contributed by atoms with Crippen molar-refractivity contribution in [3.8, 4) is 17.2 Å². The Balaban J connectivity index is 0.00000225. The Morgan fingerprint density at radius 3 is 2.06 bits per heavy atom. The summed E-state index contributed by atoms with van der Waals surface area (Å²) in [5.41, 5.74) is 5.24. The number of halogens is 1. The molecule has 6 N–H and O–H groups in total. The fourth-order valence-electron chi connectivity index (χ4n) is 1.14. The third-order valence-electron chi connectivity index (χ3n) is 1.93. The molecule has 0 heterocycles. The Labute approximate surface area is 97.4 Å². The Morgan fingerprint density at radius 1 is 1.25 bits per heavy atom. The zero-order valence-corrected chi connectivity index (χ0v) is 8.94. The van der Waals surface area contributed by atoms with Gasteiger partial charge >= 0.3 is 5.97 Å². The quantitative estimate of drug-likeness (QED) is 0.521. The van der Waals surface area contributed by atoms with E-state index in [1.165, 1.54) is 0 Å². The van der Waals surface area contributed by atoms with Gasteiger partial charge in [-0.3, -0.25) is 4.79 Å². The van der Waals surface area contributed by atoms with Gasteiger partial charge in [0.2, 0.25) is 0 Å². The molecule has 16 heavy (non-hydrogen) atoms. The lowest BCUT2D eigenvalue weighted by atomic mass is 10.0. The number of hydrogen-bond donors (Lipinski definition) is 5. The van der Waals surface area contributed by atoms with E-state index in [2.05, 4.69) is 0 Å². The molecule has 1 atom stereocenters. The van der Waals surface area contributed by atoms with Crippen LogP contribution in [0, 0.1) is 0 Å². The van der Waals surface area contributed by atoms with Crippen molar-refractivity contribution in [3.05, 3.63) is 17.7 Å². The molecule has 0 saturated heterocycles. The lowest BCUT2D eigenvalue weighted by Gasteiger charge is -2.10. The van der Waals surface area contributed by atoms with Crippen LogP contribution in [0.25, 0.3) is 0 Å². The van der Waals surface area contributed by atoms with E-state index in [0.29, 0.717) is 0 Å². The number of hydrogen-bond acceptors (Lipinski definition) is 5. The molecule has 0 unspecified atom stereocenters. The van der Waals surface area contributed by atoms with E-state index in [1.807, 2.05) is 0 Å². The van der Waals surface area contributed by atoms with Crippen molar-refractivity contribution in [1.82, 2.24) is 0 Å². The normalized spacial score (nSPS) is 11.6. The fourth-order valence-corrected chi connectivity index (χ4v) is 1.14. The summed E-state index contributed by atoms with van der Waals surface area (Å²) in [4.78, 5) is 10.5. The van der Waals surface area contributed by atoms with Crippen LogP contribution in [0.1, 0.15) is 5.56 Å². The highest BCUT2D eigenvalue weighted by molar-refractivity contribution is 5.85. The molecule has 1 aromatic rings. The van der Waals surface area contributed by atoms with E-state index < -0.39 is 12.0 Å². The molecule has 0 aliphatic heterocycles. The van der Waals surface area contributed by atoms with E-state index in [0.717, 1.165) is 12.1 Å². The lowest BCUT2D eigenvalue weighted by molar-refractivity contribution is -0.138. The monoisotopic (exact) mass is 249 g/mol. The molecule has 0 aliphatic carbocycles. The SMILES string of the molecule is Cl.N[C@@H](Cc1c(O)cc(O)cc1O)C(=O)O. The molecule has 1 aromatic carbocycles. The first kappa shape index (κ1) is 14.3. The van der Waals surface area contributed by atoms with Crippen LogP contribution < -0.4 is 5.73 Å². The van der Waals surface area contributed by atoms with Crippen LogP contribution in [0.2, 0.25) is 0 Å². The molecule has 0 aliphatic rings. The number of phenolic OH excluding ortho intramolecular Hbond substituents is 3. The van der Waals surface area contributed by atoms with Crippen LogP contribution >= 0.6 is 12.4 Å². The molecule has 90 valence electrons. The number of phenols is 3. The molecule has 0 radical (unpaired) electrons. The fraction of sp³-hybridized carbons (Fsp3) is 0.222. The number of carboxylic acids is 1. The topological polar surface area (TPSA) is 124 Å². The van der Waals surface area contributed by atoms with E-state index >= 15 is 0 Å². The summed E-state index contributed by atoms with van der Waals surface area (Å²) in [6.45, 7) is 0. The summed E-state index contributed by atoms with van der Waals surface area (Å²) in [6.07, 6.45) is -0.215. The van der Waals surface area contributed by atoms with Gasteiger partial charge in [0, 0.05) is 24.1 Å². The zero-order valence-electron chi connectivity index (χ0n) is 8.12. The van der Waals surface area contributed by atoms with Crippen LogP contribution in [0.3, 0.4) is 0 Å². The summed E-state index contributed by atoms with van der Waals surface area (Å²) in [6, 6.07) is 0.791. The number of carbonyl (C=O) groups is 1. The summed E-state index contributed by atoms with van der Waals surface area (Å²) in [5.74, 6) is -2.31. The minimum Gasteiger partial charge on any atom is -0.508 e. The lowest BCUT2D eigenvalue weighted by Crippen LogP contribution is -2.32. The minimum absolute atomic E-state index is 0. The van der Waals surface area contributed by atoms with E-state index in [4.69, 9.17) is 15.9 Å². The first-order valence-corrected chi connectivity index (χ1v) is 4.14. The number of carboxylic acid groups (broad SMARTS) is 1. The van der Waals surface area contributed by atoms with E-state index in [9.17, 15) is 15.0 Å². The van der Waals surface area contributed by atoms with Crippen molar-refractivity contribution in [2.24, 2.45) is 5.73 Å². The maximum Gasteiger partial charge on any atom is 0.320 e. The molecule has 0 fully saturated rings. The second-order valence-corrected chi connectivity index (χ2v) is 3.11. The van der Waals surface area contributed by atoms with Gasteiger partial charge in [0.1, 0.15) is 23.3 Å². The number of rotatable bonds is 3. The molecule has 7 heteroatoms. The minimum atomic E-state index is -1.23. The van der Waals surface area contributed by atoms with Crippen LogP contribution in [0.4, 0.5) is 0 Å². The first-order valence-electron chi connectivity index (χ1n) is 4.14. The van der Waals surface area contributed by atoms with Gasteiger partial charge < -0.3 is 26.2 Å². The van der Waals surface area contributed by atoms with E-state index in [-0.39, 0.29) is 41.6 Å². The van der Waals surface area contributed by atoms with Gasteiger partial charge in [-0.25, -0.2) is 0 Å². The van der Waals surface area contributed by atoms with Crippen molar-refractivity contribution >= 4 is 18.4 Å². The highest BCUT2D eigenvalue weighted by Gasteiger charge is 2.18. The summed E-state index contributed by atoms with van der Waals surface area (Å²) >= 11 is 0. The molecule has 0 bridgehead atoms. The average molecular weight is 250 g/mol. The van der Waals surface area contributed by atoms with E-state index in [1.54, 1.807) is 0 Å². The molecular weight excluding hydrogens is 238 g/mol. The maximum absolute atomic E-state index is 10.5. The first-order chi connectivity index (χ1) is 6.91. The highest BCUT2D eigenvalue weighted by Crippen LogP contribution is 2.32. The predicted molar refractivity (Wildman–Crippen MR) is 58.0 cm³/mol. The van der Waals surface area contributed by atoms with Gasteiger partial charge in [-0.05, 0) is 0 Å². The summed E-state index contributed by atoms with van der Waals surface area (Å²) in [7, 11) is 0. The van der Waals surface area contributed by atoms with Gasteiger partial charge in [-0.15, -0.1) is 12.4 Å². The smallest absolute Gasteiger partial charge is 0.320 e. The number of benzene rings is 1. The van der Waals surface area contributed by atoms with Gasteiger partial charge in [-0.2, -0.15) is 0 Å². The Bertz CT molecular complexity index is 372. The second kappa shape index (κ2) is 5.43. The van der Waals surface area contributed by atoms with Crippen LogP contribution in [0.15, 0.2) is 12.1 Å². The number of nitrogens with two attached hydrogens (primary N) is 1. The summed E-state index contributed by atoms with van der Waals surface area (Å²) < 4.78 is 0. The largest absolute Gasteiger partial charge is 0.508 e. The Hall–Kier alpha value is -1.66. The summed E-state index contributed by atoms with van der Waals surface area (Å²) in [5, 5.41) is 36.2. The standard InChI is InChI=1S/C9H11NO5.ClH/c10-6(9(14)15)3-5-7(12)1-4(11)2-8(5)13;/h1-2,6,11-13H,3,10H2,(H,14,15);1H/t6-;/m0./s1. The van der Waals surface area contributed by atoms with Crippen molar-refractivity contribution in [2.45, 2.75) is 12.5 Å². The molecule has 0 aromatic heterocycles.